The van der Waals surface area contributed by atoms with E-state index in [0.717, 1.165) is 22.3 Å². The Morgan fingerprint density at radius 2 is 1.66 bits per heavy atom. The summed E-state index contributed by atoms with van der Waals surface area (Å²) in [7, 11) is 0. The van der Waals surface area contributed by atoms with E-state index in [-0.39, 0.29) is 5.57 Å². The van der Waals surface area contributed by atoms with Gasteiger partial charge in [-0.1, -0.05) is 58.6 Å². The van der Waals surface area contributed by atoms with Gasteiger partial charge in [0.15, 0.2) is 0 Å². The standard InChI is InChI=1S/C26H22Cl2N2O2/c1-16-8-17(2)10-19(9-16)15-32-25-7-6-22(27)12-20(25)11-21(14-29)26(31)30-24-13-23(28)5-4-18(24)3/h4-13H,15H2,1-3H3,(H,30,31)/b21-11+. The first-order valence-corrected chi connectivity index (χ1v) is 10.7. The van der Waals surface area contributed by atoms with Crippen molar-refractivity contribution in [2.24, 2.45) is 0 Å². The van der Waals surface area contributed by atoms with Gasteiger partial charge in [0.05, 0.1) is 0 Å². The van der Waals surface area contributed by atoms with Crippen LogP contribution in [-0.4, -0.2) is 5.91 Å². The van der Waals surface area contributed by atoms with Gasteiger partial charge in [-0.2, -0.15) is 5.26 Å². The van der Waals surface area contributed by atoms with Gasteiger partial charge in [0.2, 0.25) is 0 Å². The second-order valence-corrected chi connectivity index (χ2v) is 8.42. The maximum absolute atomic E-state index is 12.7. The lowest BCUT2D eigenvalue weighted by Gasteiger charge is -2.12. The molecule has 0 aliphatic heterocycles. The van der Waals surface area contributed by atoms with Gasteiger partial charge < -0.3 is 10.1 Å². The number of halogens is 2. The van der Waals surface area contributed by atoms with E-state index in [1.807, 2.05) is 26.8 Å². The maximum Gasteiger partial charge on any atom is 0.266 e. The number of ether oxygens (including phenoxy) is 1. The van der Waals surface area contributed by atoms with E-state index in [2.05, 4.69) is 23.5 Å². The highest BCUT2D eigenvalue weighted by atomic mass is 35.5. The van der Waals surface area contributed by atoms with Crippen LogP contribution in [-0.2, 0) is 11.4 Å². The number of carbonyl (C=O) groups is 1. The Kier molecular flexibility index (Phi) is 7.58. The van der Waals surface area contributed by atoms with E-state index in [1.165, 1.54) is 6.08 Å². The van der Waals surface area contributed by atoms with Gasteiger partial charge in [0, 0.05) is 21.3 Å². The number of nitrogens with zero attached hydrogens (tertiary/aromatic N) is 1. The lowest BCUT2D eigenvalue weighted by Crippen LogP contribution is -2.14. The molecule has 1 amide bonds. The summed E-state index contributed by atoms with van der Waals surface area (Å²) in [6, 6.07) is 18.4. The highest BCUT2D eigenvalue weighted by Crippen LogP contribution is 2.27. The zero-order valence-corrected chi connectivity index (χ0v) is 19.5. The highest BCUT2D eigenvalue weighted by Gasteiger charge is 2.13. The number of aryl methyl sites for hydroxylation is 3. The minimum Gasteiger partial charge on any atom is -0.488 e. The summed E-state index contributed by atoms with van der Waals surface area (Å²) in [5.74, 6) is -0.0221. The second-order valence-electron chi connectivity index (χ2n) is 7.55. The molecule has 1 N–H and O–H groups in total. The molecular formula is C26H22Cl2N2O2. The molecule has 0 unspecified atom stereocenters. The molecule has 3 rings (SSSR count). The molecule has 0 spiro atoms. The van der Waals surface area contributed by atoms with Crippen LogP contribution in [0.3, 0.4) is 0 Å². The Morgan fingerprint density at radius 3 is 2.34 bits per heavy atom. The fourth-order valence-electron chi connectivity index (χ4n) is 3.30. The predicted octanol–water partition coefficient (Wildman–Crippen LogP) is 7.04. The molecule has 4 nitrogen and oxygen atoms in total. The Balaban J connectivity index is 1.86. The van der Waals surface area contributed by atoms with Crippen molar-refractivity contribution in [3.05, 3.63) is 98.0 Å². The molecule has 0 aliphatic rings. The van der Waals surface area contributed by atoms with E-state index in [4.69, 9.17) is 27.9 Å². The van der Waals surface area contributed by atoms with Crippen LogP contribution in [0.4, 0.5) is 5.69 Å². The van der Waals surface area contributed by atoms with Crippen molar-refractivity contribution in [3.63, 3.8) is 0 Å². The van der Waals surface area contributed by atoms with Crippen LogP contribution in [0, 0.1) is 32.1 Å². The van der Waals surface area contributed by atoms with E-state index in [0.29, 0.717) is 33.7 Å². The fraction of sp³-hybridized carbons (Fsp3) is 0.154. The van der Waals surface area contributed by atoms with Crippen LogP contribution in [0.15, 0.2) is 60.2 Å². The fourth-order valence-corrected chi connectivity index (χ4v) is 3.65. The third-order valence-corrected chi connectivity index (χ3v) is 5.23. The number of hydrogen-bond acceptors (Lipinski definition) is 3. The largest absolute Gasteiger partial charge is 0.488 e. The molecule has 0 aliphatic carbocycles. The van der Waals surface area contributed by atoms with Gasteiger partial charge in [-0.15, -0.1) is 0 Å². The summed E-state index contributed by atoms with van der Waals surface area (Å²) < 4.78 is 6.00. The number of hydrogen-bond donors (Lipinski definition) is 1. The van der Waals surface area contributed by atoms with Crippen molar-refractivity contribution in [2.45, 2.75) is 27.4 Å². The molecule has 0 radical (unpaired) electrons. The Morgan fingerprint density at radius 1 is 1.00 bits per heavy atom. The number of anilines is 1. The molecule has 3 aromatic rings. The number of nitriles is 1. The molecule has 6 heteroatoms. The molecule has 0 heterocycles. The molecule has 0 atom stereocenters. The SMILES string of the molecule is Cc1cc(C)cc(COc2ccc(Cl)cc2/C=C(\C#N)C(=O)Nc2cc(Cl)ccc2C)c1. The lowest BCUT2D eigenvalue weighted by molar-refractivity contribution is -0.112. The molecule has 0 aromatic heterocycles. The molecule has 0 saturated carbocycles. The van der Waals surface area contributed by atoms with E-state index >= 15 is 0 Å². The second kappa shape index (κ2) is 10.4. The molecule has 32 heavy (non-hydrogen) atoms. The van der Waals surface area contributed by atoms with Gasteiger partial charge in [-0.05, 0) is 68.3 Å². The van der Waals surface area contributed by atoms with Gasteiger partial charge >= 0.3 is 0 Å². The molecule has 3 aromatic carbocycles. The van der Waals surface area contributed by atoms with Crippen molar-refractivity contribution >= 4 is 40.9 Å². The van der Waals surface area contributed by atoms with Crippen molar-refractivity contribution in [2.75, 3.05) is 5.32 Å². The molecule has 162 valence electrons. The van der Waals surface area contributed by atoms with Crippen molar-refractivity contribution in [3.8, 4) is 11.8 Å². The first-order chi connectivity index (χ1) is 15.2. The summed E-state index contributed by atoms with van der Waals surface area (Å²) in [5.41, 5.74) is 5.17. The summed E-state index contributed by atoms with van der Waals surface area (Å²) >= 11 is 12.2. The smallest absolute Gasteiger partial charge is 0.266 e. The minimum absolute atomic E-state index is 0.0807. The number of carbonyl (C=O) groups excluding carboxylic acids is 1. The van der Waals surface area contributed by atoms with Crippen LogP contribution in [0.2, 0.25) is 10.0 Å². The first kappa shape index (κ1) is 23.4. The minimum atomic E-state index is -0.543. The van der Waals surface area contributed by atoms with Gasteiger partial charge in [-0.3, -0.25) is 4.79 Å². The van der Waals surface area contributed by atoms with Crippen LogP contribution in [0.25, 0.3) is 6.08 Å². The van der Waals surface area contributed by atoms with Gasteiger partial charge in [0.25, 0.3) is 5.91 Å². The van der Waals surface area contributed by atoms with Crippen molar-refractivity contribution in [1.82, 2.24) is 0 Å². The zero-order valence-electron chi connectivity index (χ0n) is 18.0. The Hall–Kier alpha value is -3.26. The van der Waals surface area contributed by atoms with E-state index < -0.39 is 5.91 Å². The van der Waals surface area contributed by atoms with Crippen molar-refractivity contribution < 1.29 is 9.53 Å². The zero-order chi connectivity index (χ0) is 23.3. The molecule has 0 saturated heterocycles. The average molecular weight is 465 g/mol. The third-order valence-electron chi connectivity index (χ3n) is 4.76. The number of nitrogens with one attached hydrogen (secondary N) is 1. The number of benzene rings is 3. The lowest BCUT2D eigenvalue weighted by atomic mass is 10.1. The highest BCUT2D eigenvalue weighted by molar-refractivity contribution is 6.31. The maximum atomic E-state index is 12.7. The number of amides is 1. The monoisotopic (exact) mass is 464 g/mol. The van der Waals surface area contributed by atoms with Gasteiger partial charge in [-0.25, -0.2) is 0 Å². The molecule has 0 bridgehead atoms. The van der Waals surface area contributed by atoms with Crippen LogP contribution in [0.5, 0.6) is 5.75 Å². The predicted molar refractivity (Wildman–Crippen MR) is 130 cm³/mol. The summed E-state index contributed by atoms with van der Waals surface area (Å²) in [5, 5.41) is 13.3. The summed E-state index contributed by atoms with van der Waals surface area (Å²) in [6.45, 7) is 6.26. The quantitative estimate of drug-likeness (QED) is 0.314. The normalized spacial score (nSPS) is 11.1. The number of rotatable bonds is 6. The van der Waals surface area contributed by atoms with Crippen LogP contribution >= 0.6 is 23.2 Å². The summed E-state index contributed by atoms with van der Waals surface area (Å²) in [6.07, 6.45) is 1.47. The third kappa shape index (κ3) is 6.13. The van der Waals surface area contributed by atoms with Crippen LogP contribution in [0.1, 0.15) is 27.8 Å². The average Bonchev–Trinajstić information content (AvgIpc) is 2.73. The molecular weight excluding hydrogens is 443 g/mol. The first-order valence-electron chi connectivity index (χ1n) is 9.94. The van der Waals surface area contributed by atoms with Crippen molar-refractivity contribution in [1.29, 1.82) is 5.26 Å². The van der Waals surface area contributed by atoms with E-state index in [1.54, 1.807) is 36.4 Å². The Labute approximate surface area is 198 Å². The topological polar surface area (TPSA) is 62.1 Å². The van der Waals surface area contributed by atoms with E-state index in [9.17, 15) is 10.1 Å². The van der Waals surface area contributed by atoms with Gasteiger partial charge in [0.1, 0.15) is 24.0 Å². The summed E-state index contributed by atoms with van der Waals surface area (Å²) in [4.78, 5) is 12.7. The Bertz CT molecular complexity index is 1220. The van der Waals surface area contributed by atoms with Crippen LogP contribution < -0.4 is 10.1 Å². The molecule has 0 fully saturated rings.